The number of H-pyrrole nitrogens is 1. The Morgan fingerprint density at radius 3 is 2.47 bits per heavy atom. The van der Waals surface area contributed by atoms with Crippen LogP contribution in [0.3, 0.4) is 0 Å². The van der Waals surface area contributed by atoms with Crippen LogP contribution in [0.1, 0.15) is 44.2 Å². The minimum atomic E-state index is -1.28. The molecule has 0 spiro atoms. The van der Waals surface area contributed by atoms with Crippen molar-refractivity contribution in [2.75, 3.05) is 32.8 Å². The fraction of sp³-hybridized carbons (Fsp3) is 0.440. The monoisotopic (exact) mass is 548 g/mol. The summed E-state index contributed by atoms with van der Waals surface area (Å²) in [6.45, 7) is 7.86. The lowest BCUT2D eigenvalue weighted by molar-refractivity contribution is -0.129. The number of esters is 1. The van der Waals surface area contributed by atoms with E-state index in [2.05, 4.69) is 20.0 Å². The van der Waals surface area contributed by atoms with E-state index < -0.39 is 41.2 Å². The average molecular weight is 549 g/mol. The van der Waals surface area contributed by atoms with Crippen LogP contribution in [0.4, 0.5) is 5.13 Å². The predicted octanol–water partition coefficient (Wildman–Crippen LogP) is 3.20. The van der Waals surface area contributed by atoms with Crippen LogP contribution in [0.5, 0.6) is 11.6 Å². The summed E-state index contributed by atoms with van der Waals surface area (Å²) in [6.07, 6.45) is -0.848. The highest BCUT2D eigenvalue weighted by atomic mass is 32.1. The van der Waals surface area contributed by atoms with Crippen LogP contribution < -0.4 is 15.7 Å². The Morgan fingerprint density at radius 1 is 1.18 bits per heavy atom. The summed E-state index contributed by atoms with van der Waals surface area (Å²) in [7, 11) is 2.80. The fourth-order valence-corrected chi connectivity index (χ4v) is 4.41. The van der Waals surface area contributed by atoms with Crippen molar-refractivity contribution in [2.24, 2.45) is 0 Å². The molecule has 0 unspecified atom stereocenters. The van der Waals surface area contributed by atoms with Crippen LogP contribution >= 0.6 is 11.3 Å². The van der Waals surface area contributed by atoms with E-state index in [0.717, 1.165) is 15.9 Å². The Labute approximate surface area is 223 Å². The SMILES string of the molecule is COCCOc1ccc(-c2[nH]c(=O)n([C@H](C(=O)Nc3nc(C(=O)OC)cs3)[C@@H](C)OC(C)(C)C)c2O)cc1. The Balaban J connectivity index is 1.95. The molecule has 2 aromatic heterocycles. The molecular weight excluding hydrogens is 516 g/mol. The van der Waals surface area contributed by atoms with Gasteiger partial charge in [0.25, 0.3) is 5.91 Å². The molecule has 0 aliphatic rings. The number of anilines is 1. The van der Waals surface area contributed by atoms with E-state index in [1.165, 1.54) is 12.5 Å². The van der Waals surface area contributed by atoms with Crippen molar-refractivity contribution in [1.82, 2.24) is 14.5 Å². The maximum absolute atomic E-state index is 13.5. The third-order valence-electron chi connectivity index (χ3n) is 5.26. The van der Waals surface area contributed by atoms with E-state index in [1.54, 1.807) is 38.3 Å². The number of ether oxygens (including phenoxy) is 4. The molecule has 3 rings (SSSR count). The number of rotatable bonds is 11. The number of aromatic hydroxyl groups is 1. The van der Waals surface area contributed by atoms with Gasteiger partial charge in [0.05, 0.1) is 25.4 Å². The van der Waals surface area contributed by atoms with Crippen molar-refractivity contribution in [3.8, 4) is 22.9 Å². The minimum absolute atomic E-state index is 0.0296. The van der Waals surface area contributed by atoms with Gasteiger partial charge < -0.3 is 34.4 Å². The maximum atomic E-state index is 13.5. The summed E-state index contributed by atoms with van der Waals surface area (Å²) in [5.41, 5.74) is -0.711. The van der Waals surface area contributed by atoms with E-state index >= 15 is 0 Å². The second-order valence-corrected chi connectivity index (χ2v) is 10.1. The number of imidazole rings is 1. The Morgan fingerprint density at radius 2 is 1.87 bits per heavy atom. The number of methoxy groups -OCH3 is 2. The largest absolute Gasteiger partial charge is 0.493 e. The van der Waals surface area contributed by atoms with Gasteiger partial charge in [-0.05, 0) is 52.0 Å². The first-order valence-corrected chi connectivity index (χ1v) is 12.6. The summed E-state index contributed by atoms with van der Waals surface area (Å²) >= 11 is 1.02. The molecule has 12 nitrogen and oxygen atoms in total. The van der Waals surface area contributed by atoms with Crippen LogP contribution in [0, 0.1) is 0 Å². The standard InChI is InChI=1S/C25H32N4O8S/c1-14(37-25(2,3)4)19(20(30)28-23-26-17(13-38-23)22(32)35-6)29-21(31)18(27-24(29)33)15-7-9-16(10-8-15)36-12-11-34-5/h7-10,13-14,19,31H,11-12H2,1-6H3,(H,27,33)(H,26,28,30)/t14-,19+/m1/s1. The number of hydrogen-bond donors (Lipinski definition) is 3. The van der Waals surface area contributed by atoms with Gasteiger partial charge in [-0.25, -0.2) is 19.1 Å². The first kappa shape index (κ1) is 28.9. The number of amides is 1. The van der Waals surface area contributed by atoms with Gasteiger partial charge in [-0.3, -0.25) is 4.79 Å². The lowest BCUT2D eigenvalue weighted by Gasteiger charge is -2.30. The normalized spacial score (nSPS) is 13.1. The van der Waals surface area contributed by atoms with Crippen molar-refractivity contribution < 1.29 is 33.6 Å². The third kappa shape index (κ3) is 7.00. The number of carbonyl (C=O) groups excluding carboxylic acids is 2. The second kappa shape index (κ2) is 12.2. The number of benzene rings is 1. The maximum Gasteiger partial charge on any atom is 0.357 e. The smallest absolute Gasteiger partial charge is 0.357 e. The number of nitrogens with one attached hydrogen (secondary N) is 2. The number of carbonyl (C=O) groups is 2. The molecule has 2 atom stereocenters. The quantitative estimate of drug-likeness (QED) is 0.242. The number of hydrogen-bond acceptors (Lipinski definition) is 10. The topological polar surface area (TPSA) is 154 Å². The molecule has 0 aliphatic carbocycles. The molecule has 0 saturated carbocycles. The molecule has 0 saturated heterocycles. The predicted molar refractivity (Wildman–Crippen MR) is 141 cm³/mol. The van der Waals surface area contributed by atoms with Gasteiger partial charge in [-0.2, -0.15) is 0 Å². The van der Waals surface area contributed by atoms with Gasteiger partial charge in [-0.15, -0.1) is 11.3 Å². The summed E-state index contributed by atoms with van der Waals surface area (Å²) in [6, 6.07) is 5.44. The number of aromatic nitrogens is 3. The number of aromatic amines is 1. The van der Waals surface area contributed by atoms with Crippen molar-refractivity contribution in [2.45, 2.75) is 45.4 Å². The van der Waals surface area contributed by atoms with Crippen LogP contribution in [0.2, 0.25) is 0 Å². The molecule has 1 aromatic carbocycles. The van der Waals surface area contributed by atoms with E-state index in [9.17, 15) is 19.5 Å². The zero-order chi connectivity index (χ0) is 28.0. The summed E-state index contributed by atoms with van der Waals surface area (Å²) < 4.78 is 22.1. The molecule has 1 amide bonds. The molecular formula is C25H32N4O8S. The molecule has 0 aliphatic heterocycles. The lowest BCUT2D eigenvalue weighted by atomic mass is 10.1. The van der Waals surface area contributed by atoms with Crippen LogP contribution in [-0.2, 0) is 19.0 Å². The van der Waals surface area contributed by atoms with Crippen LogP contribution in [0.25, 0.3) is 11.3 Å². The van der Waals surface area contributed by atoms with E-state index in [0.29, 0.717) is 24.5 Å². The molecule has 3 aromatic rings. The average Bonchev–Trinajstić information content (AvgIpc) is 3.43. The zero-order valence-corrected chi connectivity index (χ0v) is 22.9. The molecule has 0 fully saturated rings. The van der Waals surface area contributed by atoms with E-state index in [4.69, 9.17) is 14.2 Å². The lowest BCUT2D eigenvalue weighted by Crippen LogP contribution is -2.42. The van der Waals surface area contributed by atoms with Gasteiger partial charge in [0.2, 0.25) is 5.88 Å². The summed E-state index contributed by atoms with van der Waals surface area (Å²) in [5.74, 6) is -1.17. The molecule has 13 heteroatoms. The minimum Gasteiger partial charge on any atom is -0.493 e. The third-order valence-corrected chi connectivity index (χ3v) is 6.02. The van der Waals surface area contributed by atoms with Crippen LogP contribution in [-0.4, -0.2) is 70.7 Å². The first-order chi connectivity index (χ1) is 17.9. The first-order valence-electron chi connectivity index (χ1n) is 11.7. The van der Waals surface area contributed by atoms with Crippen molar-refractivity contribution >= 4 is 28.3 Å². The number of thiazole rings is 1. The fourth-order valence-electron chi connectivity index (χ4n) is 3.73. The van der Waals surface area contributed by atoms with Gasteiger partial charge in [-0.1, -0.05) is 0 Å². The summed E-state index contributed by atoms with van der Waals surface area (Å²) in [5, 5.41) is 15.3. The van der Waals surface area contributed by atoms with Gasteiger partial charge in [0.15, 0.2) is 10.8 Å². The van der Waals surface area contributed by atoms with Crippen molar-refractivity contribution in [1.29, 1.82) is 0 Å². The second-order valence-electron chi connectivity index (χ2n) is 9.26. The highest BCUT2D eigenvalue weighted by Crippen LogP contribution is 2.32. The van der Waals surface area contributed by atoms with Crippen molar-refractivity contribution in [3.63, 3.8) is 0 Å². The molecule has 0 bridgehead atoms. The summed E-state index contributed by atoms with van der Waals surface area (Å²) in [4.78, 5) is 45.0. The zero-order valence-electron chi connectivity index (χ0n) is 22.1. The van der Waals surface area contributed by atoms with E-state index in [1.807, 2.05) is 20.8 Å². The molecule has 2 heterocycles. The Bertz CT molecular complexity index is 1310. The molecule has 3 N–H and O–H groups in total. The number of nitrogens with zero attached hydrogens (tertiary/aromatic N) is 2. The van der Waals surface area contributed by atoms with Gasteiger partial charge in [0, 0.05) is 18.1 Å². The Hall–Kier alpha value is -3.68. The van der Waals surface area contributed by atoms with Crippen molar-refractivity contribution in [3.05, 3.63) is 45.8 Å². The molecule has 0 radical (unpaired) electrons. The van der Waals surface area contributed by atoms with Gasteiger partial charge >= 0.3 is 11.7 Å². The van der Waals surface area contributed by atoms with Crippen LogP contribution in [0.15, 0.2) is 34.4 Å². The Kier molecular flexibility index (Phi) is 9.31. The molecule has 38 heavy (non-hydrogen) atoms. The van der Waals surface area contributed by atoms with E-state index in [-0.39, 0.29) is 16.5 Å². The van der Waals surface area contributed by atoms with Gasteiger partial charge in [0.1, 0.15) is 24.1 Å². The molecule has 206 valence electrons. The highest BCUT2D eigenvalue weighted by Gasteiger charge is 2.35. The highest BCUT2D eigenvalue weighted by molar-refractivity contribution is 7.14.